The van der Waals surface area contributed by atoms with Gasteiger partial charge in [0, 0.05) is 0 Å². The predicted octanol–water partition coefficient (Wildman–Crippen LogP) is 1.33. The van der Waals surface area contributed by atoms with E-state index in [-0.39, 0.29) is 5.48 Å². The molecular weight excluding hydrogens is 166 g/mol. The van der Waals surface area contributed by atoms with Crippen LogP contribution in [0.4, 0.5) is 26.3 Å². The van der Waals surface area contributed by atoms with E-state index in [1.54, 1.807) is 0 Å². The van der Waals surface area contributed by atoms with Crippen LogP contribution in [0.3, 0.4) is 0 Å². The Morgan fingerprint density at radius 1 is 0.900 bits per heavy atom. The van der Waals surface area contributed by atoms with Crippen LogP contribution in [0.2, 0.25) is 0 Å². The molecule has 0 radical (unpaired) electrons. The van der Waals surface area contributed by atoms with Crippen molar-refractivity contribution in [2.24, 2.45) is 0 Å². The number of alkyl halides is 6. The molecule has 0 aliphatic rings. The highest BCUT2D eigenvalue weighted by molar-refractivity contribution is 4.67. The minimum absolute atomic E-state index is 0. The number of hydrogen-bond acceptors (Lipinski definition) is 0. The number of rotatable bonds is 1. The van der Waals surface area contributed by atoms with Gasteiger partial charge in [-0.1, -0.05) is 0 Å². The van der Waals surface area contributed by atoms with Gasteiger partial charge < -0.3 is 5.48 Å². The zero-order chi connectivity index (χ0) is 7.65. The van der Waals surface area contributed by atoms with E-state index in [0.29, 0.717) is 0 Å². The van der Waals surface area contributed by atoms with Gasteiger partial charge >= 0.3 is 6.18 Å². The first-order chi connectivity index (χ1) is 3.85. The lowest BCUT2D eigenvalue weighted by Gasteiger charge is -2.09. The highest BCUT2D eigenvalue weighted by Crippen LogP contribution is 2.27. The maximum atomic E-state index is 11.2. The van der Waals surface area contributed by atoms with Crippen LogP contribution in [0, 0.1) is 0 Å². The molecule has 0 aromatic heterocycles. The van der Waals surface area contributed by atoms with E-state index in [1.807, 2.05) is 0 Å². The summed E-state index contributed by atoms with van der Waals surface area (Å²) in [5.74, 6) is 0. The molecule has 2 N–H and O–H groups in total. The lowest BCUT2D eigenvalue weighted by molar-refractivity contribution is -0.211. The van der Waals surface area contributed by atoms with E-state index in [4.69, 9.17) is 0 Å². The molecule has 1 unspecified atom stereocenters. The molecule has 0 amide bonds. The number of hydrogen-bond donors (Lipinski definition) is 0. The summed E-state index contributed by atoms with van der Waals surface area (Å²) in [6, 6.07) is 0. The molecule has 0 saturated carbocycles. The fourth-order valence-corrected chi connectivity index (χ4v) is 0.143. The first-order valence-corrected chi connectivity index (χ1v) is 1.84. The molecule has 0 aromatic rings. The smallest absolute Gasteiger partial charge is 0.412 e. The third-order valence-corrected chi connectivity index (χ3v) is 0.534. The Hall–Kier alpha value is -0.460. The van der Waals surface area contributed by atoms with E-state index >= 15 is 0 Å². The highest BCUT2D eigenvalue weighted by Gasteiger charge is 2.46. The Bertz CT molecular complexity index is 87.5. The average Bonchev–Trinajstić information content (AvgIpc) is 1.62. The van der Waals surface area contributed by atoms with Crippen molar-refractivity contribution in [1.29, 1.82) is 0 Å². The molecule has 0 spiro atoms. The Labute approximate surface area is 51.9 Å². The molecule has 0 fully saturated rings. The standard InChI is InChI=1S/C3H2F6.H2O/c4-1(2(5)6)3(7,8)9;/h1-2H;1H2. The summed E-state index contributed by atoms with van der Waals surface area (Å²) in [4.78, 5) is 0. The number of halogens is 6. The van der Waals surface area contributed by atoms with Crippen molar-refractivity contribution in [3.63, 3.8) is 0 Å². The molecule has 0 saturated heterocycles. The summed E-state index contributed by atoms with van der Waals surface area (Å²) in [6.07, 6.45) is -13.4. The van der Waals surface area contributed by atoms with Crippen LogP contribution in [0.1, 0.15) is 0 Å². The van der Waals surface area contributed by atoms with Gasteiger partial charge in [0.2, 0.25) is 0 Å². The Morgan fingerprint density at radius 2 is 1.20 bits per heavy atom. The van der Waals surface area contributed by atoms with E-state index in [2.05, 4.69) is 0 Å². The molecule has 0 rings (SSSR count). The van der Waals surface area contributed by atoms with Gasteiger partial charge in [0.05, 0.1) is 0 Å². The summed E-state index contributed by atoms with van der Waals surface area (Å²) in [7, 11) is 0. The van der Waals surface area contributed by atoms with Crippen molar-refractivity contribution < 1.29 is 31.8 Å². The third-order valence-electron chi connectivity index (χ3n) is 0.534. The van der Waals surface area contributed by atoms with Gasteiger partial charge in [-0.25, -0.2) is 13.2 Å². The quantitative estimate of drug-likeness (QED) is 0.531. The minimum atomic E-state index is -5.44. The summed E-state index contributed by atoms with van der Waals surface area (Å²) in [6.45, 7) is 0. The first-order valence-electron chi connectivity index (χ1n) is 1.84. The lowest BCUT2D eigenvalue weighted by atomic mass is 10.4. The predicted molar refractivity (Wildman–Crippen MR) is 20.6 cm³/mol. The molecule has 0 bridgehead atoms. The summed E-state index contributed by atoms with van der Waals surface area (Å²) < 4.78 is 65.4. The lowest BCUT2D eigenvalue weighted by Crippen LogP contribution is -2.30. The maximum Gasteiger partial charge on any atom is 0.425 e. The van der Waals surface area contributed by atoms with Crippen molar-refractivity contribution in [3.05, 3.63) is 0 Å². The normalized spacial score (nSPS) is 14.7. The minimum Gasteiger partial charge on any atom is -0.412 e. The van der Waals surface area contributed by atoms with Crippen LogP contribution < -0.4 is 0 Å². The molecule has 10 heavy (non-hydrogen) atoms. The topological polar surface area (TPSA) is 31.5 Å². The van der Waals surface area contributed by atoms with Gasteiger partial charge in [0.1, 0.15) is 0 Å². The van der Waals surface area contributed by atoms with Gasteiger partial charge in [-0.05, 0) is 0 Å². The summed E-state index contributed by atoms with van der Waals surface area (Å²) >= 11 is 0. The Balaban J connectivity index is 0. The van der Waals surface area contributed by atoms with E-state index < -0.39 is 18.8 Å². The molecule has 0 aliphatic heterocycles. The second-order valence-corrected chi connectivity index (χ2v) is 1.28. The third kappa shape index (κ3) is 3.54. The van der Waals surface area contributed by atoms with Crippen molar-refractivity contribution in [1.82, 2.24) is 0 Å². The second kappa shape index (κ2) is 3.65. The Morgan fingerprint density at radius 3 is 1.20 bits per heavy atom. The second-order valence-electron chi connectivity index (χ2n) is 1.28. The van der Waals surface area contributed by atoms with Crippen molar-refractivity contribution in [3.8, 4) is 0 Å². The van der Waals surface area contributed by atoms with Gasteiger partial charge in [-0.3, -0.25) is 0 Å². The van der Waals surface area contributed by atoms with Crippen LogP contribution in [-0.4, -0.2) is 24.2 Å². The van der Waals surface area contributed by atoms with Crippen molar-refractivity contribution in [2.75, 3.05) is 0 Å². The fraction of sp³-hybridized carbons (Fsp3) is 1.00. The van der Waals surface area contributed by atoms with E-state index in [1.165, 1.54) is 0 Å². The van der Waals surface area contributed by atoms with Crippen LogP contribution in [0.5, 0.6) is 0 Å². The average molecular weight is 170 g/mol. The van der Waals surface area contributed by atoms with Crippen LogP contribution >= 0.6 is 0 Å². The largest absolute Gasteiger partial charge is 0.425 e. The van der Waals surface area contributed by atoms with Gasteiger partial charge in [-0.2, -0.15) is 13.2 Å². The van der Waals surface area contributed by atoms with E-state index in [9.17, 15) is 26.3 Å². The molecule has 0 heterocycles. The van der Waals surface area contributed by atoms with Crippen LogP contribution in [0.25, 0.3) is 0 Å². The molecule has 1 nitrogen and oxygen atoms in total. The van der Waals surface area contributed by atoms with Gasteiger partial charge in [0.15, 0.2) is 0 Å². The SMILES string of the molecule is FC(F)C(F)C(F)(F)F.O. The Kier molecular flexibility index (Phi) is 4.46. The fourth-order valence-electron chi connectivity index (χ4n) is 0.143. The van der Waals surface area contributed by atoms with E-state index in [0.717, 1.165) is 0 Å². The monoisotopic (exact) mass is 170 g/mol. The molecule has 0 aromatic carbocycles. The highest BCUT2D eigenvalue weighted by atomic mass is 19.4. The van der Waals surface area contributed by atoms with Crippen LogP contribution in [0.15, 0.2) is 0 Å². The van der Waals surface area contributed by atoms with Crippen molar-refractivity contribution >= 4 is 0 Å². The van der Waals surface area contributed by atoms with Crippen molar-refractivity contribution in [2.45, 2.75) is 18.8 Å². The molecule has 1 atom stereocenters. The molecule has 64 valence electrons. The first kappa shape index (κ1) is 12.2. The zero-order valence-electron chi connectivity index (χ0n) is 4.42. The molecular formula is C3H4F6O. The van der Waals surface area contributed by atoms with Gasteiger partial charge in [0.25, 0.3) is 12.6 Å². The molecule has 7 heteroatoms. The summed E-state index contributed by atoms with van der Waals surface area (Å²) in [5.41, 5.74) is 0. The van der Waals surface area contributed by atoms with Crippen LogP contribution in [-0.2, 0) is 0 Å². The van der Waals surface area contributed by atoms with Gasteiger partial charge in [-0.15, -0.1) is 0 Å². The zero-order valence-corrected chi connectivity index (χ0v) is 4.42. The maximum absolute atomic E-state index is 11.2. The molecule has 0 aliphatic carbocycles. The summed E-state index contributed by atoms with van der Waals surface area (Å²) in [5, 5.41) is 0.